The highest BCUT2D eigenvalue weighted by molar-refractivity contribution is 5.86. The van der Waals surface area contributed by atoms with Gasteiger partial charge in [0.15, 0.2) is 0 Å². The minimum absolute atomic E-state index is 0.869. The number of pyridine rings is 1. The van der Waals surface area contributed by atoms with Crippen molar-refractivity contribution in [3.8, 4) is 5.75 Å². The minimum Gasteiger partial charge on any atom is -0.496 e. The van der Waals surface area contributed by atoms with Crippen LogP contribution < -0.4 is 4.74 Å². The van der Waals surface area contributed by atoms with Gasteiger partial charge in [-0.2, -0.15) is 0 Å². The third kappa shape index (κ3) is 1.84. The van der Waals surface area contributed by atoms with Gasteiger partial charge in [0, 0.05) is 11.5 Å². The van der Waals surface area contributed by atoms with E-state index < -0.39 is 0 Å². The topological polar surface area (TPSA) is 22.1 Å². The molecule has 2 aromatic rings. The van der Waals surface area contributed by atoms with E-state index in [1.165, 1.54) is 0 Å². The molecular formula is C13H13NO. The van der Waals surface area contributed by atoms with E-state index in [1.807, 2.05) is 49.4 Å². The van der Waals surface area contributed by atoms with Crippen LogP contribution in [0.1, 0.15) is 12.6 Å². The van der Waals surface area contributed by atoms with Crippen LogP contribution in [0.25, 0.3) is 17.0 Å². The molecule has 0 spiro atoms. The average molecular weight is 199 g/mol. The van der Waals surface area contributed by atoms with Crippen LogP contribution in [-0.4, -0.2) is 12.1 Å². The third-order valence-electron chi connectivity index (χ3n) is 2.26. The average Bonchev–Trinajstić information content (AvgIpc) is 2.28. The number of nitrogens with zero attached hydrogens (tertiary/aromatic N) is 1. The maximum Gasteiger partial charge on any atom is 0.130 e. The molecule has 15 heavy (non-hydrogen) atoms. The van der Waals surface area contributed by atoms with Crippen molar-refractivity contribution in [1.82, 2.24) is 4.98 Å². The van der Waals surface area contributed by atoms with Gasteiger partial charge in [0.2, 0.25) is 0 Å². The lowest BCUT2D eigenvalue weighted by atomic mass is 10.2. The van der Waals surface area contributed by atoms with E-state index in [2.05, 4.69) is 4.98 Å². The van der Waals surface area contributed by atoms with Gasteiger partial charge in [-0.1, -0.05) is 18.2 Å². The highest BCUT2D eigenvalue weighted by atomic mass is 16.5. The number of ether oxygens (including phenoxy) is 1. The lowest BCUT2D eigenvalue weighted by molar-refractivity contribution is 0.419. The molecule has 0 fully saturated rings. The van der Waals surface area contributed by atoms with Crippen molar-refractivity contribution < 1.29 is 4.74 Å². The molecule has 0 atom stereocenters. The van der Waals surface area contributed by atoms with E-state index in [0.29, 0.717) is 0 Å². The molecule has 0 unspecified atom stereocenters. The zero-order valence-electron chi connectivity index (χ0n) is 8.90. The zero-order valence-corrected chi connectivity index (χ0v) is 8.90. The SMILES string of the molecule is CC=Cc1cc(OC)c2ccccc2n1. The molecule has 0 saturated carbocycles. The second-order valence-corrected chi connectivity index (χ2v) is 3.27. The number of hydrogen-bond donors (Lipinski definition) is 0. The van der Waals surface area contributed by atoms with E-state index in [0.717, 1.165) is 22.3 Å². The molecule has 2 rings (SSSR count). The Balaban J connectivity index is 2.71. The lowest BCUT2D eigenvalue weighted by Crippen LogP contribution is -1.89. The van der Waals surface area contributed by atoms with Gasteiger partial charge >= 0.3 is 0 Å². The van der Waals surface area contributed by atoms with Crippen molar-refractivity contribution in [2.24, 2.45) is 0 Å². The molecule has 1 aromatic heterocycles. The summed E-state index contributed by atoms with van der Waals surface area (Å²) in [7, 11) is 1.68. The Labute approximate surface area is 89.2 Å². The third-order valence-corrected chi connectivity index (χ3v) is 2.26. The summed E-state index contributed by atoms with van der Waals surface area (Å²) in [5, 5.41) is 1.05. The minimum atomic E-state index is 0.869. The van der Waals surface area contributed by atoms with Crippen molar-refractivity contribution in [1.29, 1.82) is 0 Å². The predicted octanol–water partition coefficient (Wildman–Crippen LogP) is 3.28. The van der Waals surface area contributed by atoms with E-state index >= 15 is 0 Å². The summed E-state index contributed by atoms with van der Waals surface area (Å²) in [6.07, 6.45) is 3.94. The van der Waals surface area contributed by atoms with Crippen LogP contribution in [0.4, 0.5) is 0 Å². The summed E-state index contributed by atoms with van der Waals surface area (Å²) in [6, 6.07) is 9.92. The first kappa shape index (κ1) is 9.71. The second kappa shape index (κ2) is 4.13. The summed E-state index contributed by atoms with van der Waals surface area (Å²) in [4.78, 5) is 4.51. The fraction of sp³-hybridized carbons (Fsp3) is 0.154. The lowest BCUT2D eigenvalue weighted by Gasteiger charge is -2.05. The first-order chi connectivity index (χ1) is 7.35. The Hall–Kier alpha value is -1.83. The van der Waals surface area contributed by atoms with Crippen molar-refractivity contribution >= 4 is 17.0 Å². The maximum atomic E-state index is 5.34. The maximum absolute atomic E-state index is 5.34. The van der Waals surface area contributed by atoms with Crippen LogP contribution in [0.5, 0.6) is 5.75 Å². The van der Waals surface area contributed by atoms with Gasteiger partial charge in [0.05, 0.1) is 18.3 Å². The predicted molar refractivity (Wildman–Crippen MR) is 63.0 cm³/mol. The second-order valence-electron chi connectivity index (χ2n) is 3.27. The Morgan fingerprint density at radius 1 is 1.27 bits per heavy atom. The number of fused-ring (bicyclic) bond motifs is 1. The molecule has 0 saturated heterocycles. The van der Waals surface area contributed by atoms with Crippen LogP contribution in [0.15, 0.2) is 36.4 Å². The van der Waals surface area contributed by atoms with Gasteiger partial charge in [-0.25, -0.2) is 4.98 Å². The van der Waals surface area contributed by atoms with Gasteiger partial charge in [-0.3, -0.25) is 0 Å². The molecular weight excluding hydrogens is 186 g/mol. The van der Waals surface area contributed by atoms with Crippen LogP contribution in [0.3, 0.4) is 0 Å². The monoisotopic (exact) mass is 199 g/mol. The number of para-hydroxylation sites is 1. The Bertz CT molecular complexity index is 503. The molecule has 0 aliphatic rings. The summed E-state index contributed by atoms with van der Waals surface area (Å²) in [5.74, 6) is 0.869. The Morgan fingerprint density at radius 3 is 2.80 bits per heavy atom. The molecule has 0 N–H and O–H groups in total. The van der Waals surface area contributed by atoms with Crippen LogP contribution in [0, 0.1) is 0 Å². The van der Waals surface area contributed by atoms with Gasteiger partial charge < -0.3 is 4.74 Å². The van der Waals surface area contributed by atoms with Crippen LogP contribution >= 0.6 is 0 Å². The molecule has 2 nitrogen and oxygen atoms in total. The van der Waals surface area contributed by atoms with Crippen molar-refractivity contribution in [2.45, 2.75) is 6.92 Å². The number of hydrogen-bond acceptors (Lipinski definition) is 2. The van der Waals surface area contributed by atoms with E-state index in [-0.39, 0.29) is 0 Å². The number of benzene rings is 1. The molecule has 0 aliphatic carbocycles. The number of aromatic nitrogens is 1. The standard InChI is InChI=1S/C13H13NO/c1-3-6-10-9-13(15-2)11-7-4-5-8-12(11)14-10/h3-9H,1-2H3. The summed E-state index contributed by atoms with van der Waals surface area (Å²) in [5.41, 5.74) is 1.89. The number of rotatable bonds is 2. The first-order valence-electron chi connectivity index (χ1n) is 4.91. The fourth-order valence-corrected chi connectivity index (χ4v) is 1.59. The first-order valence-corrected chi connectivity index (χ1v) is 4.91. The summed E-state index contributed by atoms with van der Waals surface area (Å²) >= 11 is 0. The summed E-state index contributed by atoms with van der Waals surface area (Å²) < 4.78 is 5.34. The zero-order chi connectivity index (χ0) is 10.7. The van der Waals surface area contributed by atoms with Crippen LogP contribution in [-0.2, 0) is 0 Å². The molecule has 0 radical (unpaired) electrons. The Kier molecular flexibility index (Phi) is 2.68. The van der Waals surface area contributed by atoms with Crippen molar-refractivity contribution in [3.63, 3.8) is 0 Å². The fourth-order valence-electron chi connectivity index (χ4n) is 1.59. The van der Waals surface area contributed by atoms with Crippen LogP contribution in [0.2, 0.25) is 0 Å². The highest BCUT2D eigenvalue weighted by Gasteiger charge is 2.03. The van der Waals surface area contributed by atoms with Gasteiger partial charge in [-0.05, 0) is 25.1 Å². The molecule has 1 heterocycles. The smallest absolute Gasteiger partial charge is 0.130 e. The largest absolute Gasteiger partial charge is 0.496 e. The number of allylic oxidation sites excluding steroid dienone is 1. The van der Waals surface area contributed by atoms with E-state index in [4.69, 9.17) is 4.74 Å². The summed E-state index contributed by atoms with van der Waals surface area (Å²) in [6.45, 7) is 1.98. The number of methoxy groups -OCH3 is 1. The van der Waals surface area contributed by atoms with E-state index in [1.54, 1.807) is 7.11 Å². The van der Waals surface area contributed by atoms with Crippen molar-refractivity contribution in [3.05, 3.63) is 42.1 Å². The molecule has 2 heteroatoms. The van der Waals surface area contributed by atoms with Crippen molar-refractivity contribution in [2.75, 3.05) is 7.11 Å². The van der Waals surface area contributed by atoms with Gasteiger partial charge in [-0.15, -0.1) is 0 Å². The Morgan fingerprint density at radius 2 is 2.07 bits per heavy atom. The van der Waals surface area contributed by atoms with Gasteiger partial charge in [0.25, 0.3) is 0 Å². The molecule has 0 amide bonds. The highest BCUT2D eigenvalue weighted by Crippen LogP contribution is 2.25. The van der Waals surface area contributed by atoms with E-state index in [9.17, 15) is 0 Å². The molecule has 0 bridgehead atoms. The quantitative estimate of drug-likeness (QED) is 0.740. The molecule has 1 aromatic carbocycles. The molecule has 76 valence electrons. The molecule has 0 aliphatic heterocycles. The van der Waals surface area contributed by atoms with Gasteiger partial charge in [0.1, 0.15) is 5.75 Å². The normalized spacial score (nSPS) is 11.1.